The van der Waals surface area contributed by atoms with Gasteiger partial charge in [-0.15, -0.1) is 0 Å². The van der Waals surface area contributed by atoms with Crippen LogP contribution < -0.4 is 20.3 Å². The second-order valence-electron chi connectivity index (χ2n) is 7.73. The molecule has 2 aliphatic rings. The summed E-state index contributed by atoms with van der Waals surface area (Å²) in [7, 11) is 0. The summed E-state index contributed by atoms with van der Waals surface area (Å²) in [6, 6.07) is 6.05. The van der Waals surface area contributed by atoms with E-state index in [9.17, 15) is 9.59 Å². The highest BCUT2D eigenvalue weighted by atomic mass is 16.7. The van der Waals surface area contributed by atoms with Crippen molar-refractivity contribution in [2.45, 2.75) is 51.4 Å². The fourth-order valence-electron chi connectivity index (χ4n) is 4.26. The van der Waals surface area contributed by atoms with Crippen molar-refractivity contribution in [2.24, 2.45) is 0 Å². The van der Waals surface area contributed by atoms with E-state index in [0.717, 1.165) is 42.7 Å². The molecule has 0 atom stereocenters. The van der Waals surface area contributed by atoms with Crippen LogP contribution in [0.2, 0.25) is 0 Å². The molecule has 28 heavy (non-hydrogen) atoms. The third kappa shape index (κ3) is 3.25. The highest BCUT2D eigenvalue weighted by Gasteiger charge is 2.36. The van der Waals surface area contributed by atoms with Gasteiger partial charge in [0.25, 0.3) is 11.5 Å². The van der Waals surface area contributed by atoms with Gasteiger partial charge in [-0.25, -0.2) is 5.10 Å². The van der Waals surface area contributed by atoms with E-state index < -0.39 is 5.56 Å². The Morgan fingerprint density at radius 1 is 1.18 bits per heavy atom. The van der Waals surface area contributed by atoms with Gasteiger partial charge in [-0.3, -0.25) is 9.59 Å². The van der Waals surface area contributed by atoms with Crippen molar-refractivity contribution in [1.29, 1.82) is 0 Å². The molecule has 7 heteroatoms. The van der Waals surface area contributed by atoms with Crippen LogP contribution in [0.4, 0.5) is 0 Å². The first kappa shape index (κ1) is 18.5. The zero-order valence-corrected chi connectivity index (χ0v) is 16.3. The molecule has 1 fully saturated rings. The summed E-state index contributed by atoms with van der Waals surface area (Å²) >= 11 is 0. The number of carbonyl (C=O) groups excluding carboxylic acids is 1. The van der Waals surface area contributed by atoms with Crippen molar-refractivity contribution >= 4 is 5.91 Å². The van der Waals surface area contributed by atoms with E-state index in [4.69, 9.17) is 9.47 Å². The Morgan fingerprint density at radius 2 is 1.93 bits per heavy atom. The van der Waals surface area contributed by atoms with Gasteiger partial charge in [0.1, 0.15) is 5.56 Å². The maximum atomic E-state index is 12.8. The van der Waals surface area contributed by atoms with Gasteiger partial charge in [-0.2, -0.15) is 5.10 Å². The van der Waals surface area contributed by atoms with Gasteiger partial charge >= 0.3 is 0 Å². The number of aromatic amines is 1. The van der Waals surface area contributed by atoms with Crippen LogP contribution in [0.25, 0.3) is 0 Å². The predicted octanol–water partition coefficient (Wildman–Crippen LogP) is 2.75. The molecule has 1 saturated carbocycles. The van der Waals surface area contributed by atoms with Crippen LogP contribution in [0.1, 0.15) is 59.3 Å². The number of fused-ring (bicyclic) bond motifs is 1. The number of carbonyl (C=O) groups is 1. The van der Waals surface area contributed by atoms with E-state index in [2.05, 4.69) is 21.6 Å². The molecule has 1 aromatic heterocycles. The molecule has 7 nitrogen and oxygen atoms in total. The number of rotatable bonds is 4. The first-order valence-electron chi connectivity index (χ1n) is 9.74. The van der Waals surface area contributed by atoms with Gasteiger partial charge in [-0.1, -0.05) is 25.3 Å². The predicted molar refractivity (Wildman–Crippen MR) is 104 cm³/mol. The first-order valence-corrected chi connectivity index (χ1v) is 9.74. The lowest BCUT2D eigenvalue weighted by Crippen LogP contribution is -2.43. The number of ether oxygens (including phenoxy) is 2. The van der Waals surface area contributed by atoms with Crippen molar-refractivity contribution in [3.8, 4) is 11.5 Å². The van der Waals surface area contributed by atoms with Gasteiger partial charge in [0.2, 0.25) is 6.79 Å². The normalized spacial score (nSPS) is 17.4. The van der Waals surface area contributed by atoms with Crippen LogP contribution in [0.15, 0.2) is 23.0 Å². The fraction of sp³-hybridized carbons (Fsp3) is 0.476. The lowest BCUT2D eigenvalue weighted by atomic mass is 9.69. The molecule has 2 aromatic rings. The van der Waals surface area contributed by atoms with Gasteiger partial charge < -0.3 is 14.8 Å². The smallest absolute Gasteiger partial charge is 0.277 e. The van der Waals surface area contributed by atoms with Crippen molar-refractivity contribution in [2.75, 3.05) is 13.3 Å². The van der Waals surface area contributed by atoms with Crippen molar-refractivity contribution in [3.63, 3.8) is 0 Å². The van der Waals surface area contributed by atoms with Crippen molar-refractivity contribution in [3.05, 3.63) is 50.9 Å². The number of H-pyrrole nitrogens is 1. The molecule has 1 aliphatic heterocycles. The average molecular weight is 383 g/mol. The van der Waals surface area contributed by atoms with E-state index in [-0.39, 0.29) is 23.7 Å². The van der Waals surface area contributed by atoms with E-state index in [0.29, 0.717) is 17.8 Å². The molecule has 4 rings (SSSR count). The second kappa shape index (κ2) is 7.30. The van der Waals surface area contributed by atoms with Crippen LogP contribution >= 0.6 is 0 Å². The highest BCUT2D eigenvalue weighted by Crippen LogP contribution is 2.43. The molecule has 0 unspecified atom stereocenters. The minimum Gasteiger partial charge on any atom is -0.454 e. The van der Waals surface area contributed by atoms with Crippen LogP contribution in [0.5, 0.6) is 11.5 Å². The largest absolute Gasteiger partial charge is 0.454 e. The minimum absolute atomic E-state index is 0.143. The minimum atomic E-state index is -0.457. The summed E-state index contributed by atoms with van der Waals surface area (Å²) < 4.78 is 11.0. The van der Waals surface area contributed by atoms with E-state index in [1.807, 2.05) is 12.1 Å². The van der Waals surface area contributed by atoms with Crippen LogP contribution in [-0.2, 0) is 5.41 Å². The SMILES string of the molecule is Cc1n[nH]c(=O)c(C(=O)NCC2(c3ccc4c(c3)OCO4)CCCCC2)c1C. The molecule has 0 spiro atoms. The van der Waals surface area contributed by atoms with E-state index >= 15 is 0 Å². The molecule has 0 radical (unpaired) electrons. The lowest BCUT2D eigenvalue weighted by molar-refractivity contribution is 0.0934. The molecule has 1 aliphatic carbocycles. The van der Waals surface area contributed by atoms with Gasteiger partial charge in [0, 0.05) is 12.0 Å². The summed E-state index contributed by atoms with van der Waals surface area (Å²) in [5.41, 5.74) is 1.92. The molecule has 0 saturated heterocycles. The number of aromatic nitrogens is 2. The topological polar surface area (TPSA) is 93.3 Å². The second-order valence-corrected chi connectivity index (χ2v) is 7.73. The molecular formula is C21H25N3O4. The number of amides is 1. The Hall–Kier alpha value is -2.83. The van der Waals surface area contributed by atoms with Crippen LogP contribution in [0.3, 0.4) is 0 Å². The highest BCUT2D eigenvalue weighted by molar-refractivity contribution is 5.95. The Labute approximate surface area is 163 Å². The number of aryl methyl sites for hydroxylation is 1. The summed E-state index contributed by atoms with van der Waals surface area (Å²) in [5, 5.41) is 9.35. The van der Waals surface area contributed by atoms with Gasteiger partial charge in [-0.05, 0) is 49.9 Å². The quantitative estimate of drug-likeness (QED) is 0.847. The summed E-state index contributed by atoms with van der Waals surface area (Å²) in [5.74, 6) is 1.16. The molecule has 0 bridgehead atoms. The lowest BCUT2D eigenvalue weighted by Gasteiger charge is -2.38. The fourth-order valence-corrected chi connectivity index (χ4v) is 4.26. The number of nitrogens with one attached hydrogen (secondary N) is 2. The zero-order chi connectivity index (χ0) is 19.7. The third-order valence-corrected chi connectivity index (χ3v) is 6.08. The first-order chi connectivity index (χ1) is 13.5. The molecule has 2 N–H and O–H groups in total. The number of hydrogen-bond donors (Lipinski definition) is 2. The van der Waals surface area contributed by atoms with Crippen LogP contribution in [0, 0.1) is 13.8 Å². The summed E-state index contributed by atoms with van der Waals surface area (Å²) in [6.45, 7) is 4.25. The Balaban J connectivity index is 1.60. The standard InChI is InChI=1S/C21H25N3O4/c1-13-14(2)23-24-20(26)18(13)19(25)22-11-21(8-4-3-5-9-21)15-6-7-16-17(10-15)28-12-27-16/h6-7,10H,3-5,8-9,11-12H2,1-2H3,(H,22,25)(H,24,26). The molecule has 148 valence electrons. The Kier molecular flexibility index (Phi) is 4.83. The van der Waals surface area contributed by atoms with Crippen molar-refractivity contribution < 1.29 is 14.3 Å². The molecular weight excluding hydrogens is 358 g/mol. The molecule has 1 aromatic carbocycles. The third-order valence-electron chi connectivity index (χ3n) is 6.08. The molecule has 1 amide bonds. The van der Waals surface area contributed by atoms with E-state index in [1.54, 1.807) is 13.8 Å². The van der Waals surface area contributed by atoms with Crippen molar-refractivity contribution in [1.82, 2.24) is 15.5 Å². The summed E-state index contributed by atoms with van der Waals surface area (Å²) in [6.07, 6.45) is 5.38. The van der Waals surface area contributed by atoms with E-state index in [1.165, 1.54) is 6.42 Å². The molecule has 2 heterocycles. The number of benzene rings is 1. The monoisotopic (exact) mass is 383 g/mol. The van der Waals surface area contributed by atoms with Crippen LogP contribution in [-0.4, -0.2) is 29.4 Å². The van der Waals surface area contributed by atoms with Gasteiger partial charge in [0.15, 0.2) is 11.5 Å². The maximum absolute atomic E-state index is 12.8. The average Bonchev–Trinajstić information content (AvgIpc) is 3.18. The summed E-state index contributed by atoms with van der Waals surface area (Å²) in [4.78, 5) is 25.0. The Morgan fingerprint density at radius 3 is 2.71 bits per heavy atom. The zero-order valence-electron chi connectivity index (χ0n) is 16.3. The number of hydrogen-bond acceptors (Lipinski definition) is 5. The maximum Gasteiger partial charge on any atom is 0.277 e. The van der Waals surface area contributed by atoms with Gasteiger partial charge in [0.05, 0.1) is 5.69 Å². The Bertz CT molecular complexity index is 961. The number of nitrogens with zero attached hydrogens (tertiary/aromatic N) is 1.